The maximum atomic E-state index is 12.9. The fraction of sp³-hybridized carbons (Fsp3) is 0.231. The van der Waals surface area contributed by atoms with E-state index in [1.54, 1.807) is 50.5 Å². The van der Waals surface area contributed by atoms with Gasteiger partial charge in [0.05, 0.1) is 42.5 Å². The second-order valence-corrected chi connectivity index (χ2v) is 7.60. The van der Waals surface area contributed by atoms with Crippen molar-refractivity contribution in [1.82, 2.24) is 4.57 Å². The van der Waals surface area contributed by atoms with Crippen molar-refractivity contribution in [3.63, 3.8) is 0 Å². The molecule has 0 saturated heterocycles. The van der Waals surface area contributed by atoms with Crippen LogP contribution < -0.4 is 29.2 Å². The number of ether oxygens (including phenoxy) is 4. The molecule has 0 fully saturated rings. The summed E-state index contributed by atoms with van der Waals surface area (Å²) in [6.07, 6.45) is 6.94. The van der Waals surface area contributed by atoms with E-state index in [0.29, 0.717) is 45.5 Å². The SMILES string of the molecule is COc1cc(O)c(OC)c(C=Cc2cc(C=Cc3cc(OC)cc(O)c3OC)[n+](C)c(=O)n2C)c1. The van der Waals surface area contributed by atoms with Gasteiger partial charge in [-0.1, -0.05) is 0 Å². The van der Waals surface area contributed by atoms with E-state index in [-0.39, 0.29) is 17.2 Å². The Morgan fingerprint density at radius 2 is 1.23 bits per heavy atom. The molecule has 3 aromatic rings. The summed E-state index contributed by atoms with van der Waals surface area (Å²) < 4.78 is 24.1. The van der Waals surface area contributed by atoms with E-state index in [4.69, 9.17) is 18.9 Å². The van der Waals surface area contributed by atoms with Crippen LogP contribution in [0, 0.1) is 0 Å². The van der Waals surface area contributed by atoms with Gasteiger partial charge in [-0.05, 0) is 36.4 Å². The van der Waals surface area contributed by atoms with Crippen molar-refractivity contribution >= 4 is 24.3 Å². The van der Waals surface area contributed by atoms with Gasteiger partial charge in [-0.2, -0.15) is 13.9 Å². The van der Waals surface area contributed by atoms with Gasteiger partial charge >= 0.3 is 5.69 Å². The summed E-state index contributed by atoms with van der Waals surface area (Å²) in [7, 11) is 9.27. The van der Waals surface area contributed by atoms with Crippen LogP contribution >= 0.6 is 0 Å². The van der Waals surface area contributed by atoms with Crippen LogP contribution in [0.1, 0.15) is 22.5 Å². The van der Waals surface area contributed by atoms with E-state index < -0.39 is 0 Å². The van der Waals surface area contributed by atoms with Gasteiger partial charge in [0, 0.05) is 29.3 Å². The standard InChI is InChI=1S/C26H28N2O7/c1-27-18(9-7-16-11-20(32-3)14-22(29)24(16)34-5)13-19(28(2)26(27)31)10-8-17-12-21(33-4)15-23(30)25(17)35-6/h7-15H,1-6H3,(H-,29,30)/p+1. The monoisotopic (exact) mass is 481 g/mol. The summed E-state index contributed by atoms with van der Waals surface area (Å²) in [5.74, 6) is 1.40. The van der Waals surface area contributed by atoms with Crippen LogP contribution in [0.25, 0.3) is 24.3 Å². The molecule has 35 heavy (non-hydrogen) atoms. The molecule has 0 atom stereocenters. The molecule has 184 valence electrons. The lowest BCUT2D eigenvalue weighted by Crippen LogP contribution is -2.53. The first-order chi connectivity index (χ1) is 16.7. The second kappa shape index (κ2) is 10.7. The van der Waals surface area contributed by atoms with Crippen LogP contribution in [-0.4, -0.2) is 43.2 Å². The summed E-state index contributed by atoms with van der Waals surface area (Å²) in [5.41, 5.74) is 2.14. The molecule has 0 saturated carbocycles. The average molecular weight is 482 g/mol. The molecule has 0 aliphatic rings. The van der Waals surface area contributed by atoms with Crippen LogP contribution in [-0.2, 0) is 14.1 Å². The molecule has 1 heterocycles. The topological polar surface area (TPSA) is 103 Å². The van der Waals surface area contributed by atoms with E-state index in [0.717, 1.165) is 0 Å². The molecule has 0 bridgehead atoms. The number of nitrogens with zero attached hydrogens (tertiary/aromatic N) is 2. The molecule has 0 aliphatic heterocycles. The molecule has 2 aromatic carbocycles. The van der Waals surface area contributed by atoms with Crippen LogP contribution in [0.3, 0.4) is 0 Å². The Bertz CT molecular complexity index is 1260. The van der Waals surface area contributed by atoms with Gasteiger partial charge in [0.25, 0.3) is 0 Å². The summed E-state index contributed by atoms with van der Waals surface area (Å²) >= 11 is 0. The molecule has 0 amide bonds. The third-order valence-electron chi connectivity index (χ3n) is 5.53. The Morgan fingerprint density at radius 3 is 1.69 bits per heavy atom. The lowest BCUT2D eigenvalue weighted by Gasteiger charge is -2.10. The van der Waals surface area contributed by atoms with Gasteiger partial charge < -0.3 is 29.2 Å². The molecule has 0 spiro atoms. The molecule has 0 unspecified atom stereocenters. The summed E-state index contributed by atoms with van der Waals surface area (Å²) in [4.78, 5) is 12.9. The number of phenolic OH excluding ortho intramolecular Hbond substituents is 2. The molecule has 9 nitrogen and oxygen atoms in total. The maximum absolute atomic E-state index is 12.9. The predicted molar refractivity (Wildman–Crippen MR) is 133 cm³/mol. The van der Waals surface area contributed by atoms with E-state index in [2.05, 4.69) is 0 Å². The molecule has 1 aromatic heterocycles. The zero-order valence-electron chi connectivity index (χ0n) is 20.5. The summed E-state index contributed by atoms with van der Waals surface area (Å²) in [6, 6.07) is 8.19. The molecule has 2 N–H and O–H groups in total. The van der Waals surface area contributed by atoms with Crippen LogP contribution in [0.4, 0.5) is 0 Å². The predicted octanol–water partition coefficient (Wildman–Crippen LogP) is 3.00. The Labute approximate surface area is 203 Å². The van der Waals surface area contributed by atoms with Gasteiger partial charge in [-0.25, -0.2) is 0 Å². The van der Waals surface area contributed by atoms with Crippen molar-refractivity contribution in [1.29, 1.82) is 0 Å². The van der Waals surface area contributed by atoms with Gasteiger partial charge in [-0.15, -0.1) is 0 Å². The Morgan fingerprint density at radius 1 is 0.743 bits per heavy atom. The molecule has 9 heteroatoms. The largest absolute Gasteiger partial charge is 0.504 e. The van der Waals surface area contributed by atoms with Gasteiger partial charge in [0.1, 0.15) is 22.9 Å². The van der Waals surface area contributed by atoms with Crippen molar-refractivity contribution in [2.24, 2.45) is 14.1 Å². The zero-order valence-corrected chi connectivity index (χ0v) is 20.5. The second-order valence-electron chi connectivity index (χ2n) is 7.60. The fourth-order valence-corrected chi connectivity index (χ4v) is 3.61. The maximum Gasteiger partial charge on any atom is 0.498 e. The van der Waals surface area contributed by atoms with E-state index in [1.807, 2.05) is 6.07 Å². The quantitative estimate of drug-likeness (QED) is 0.477. The van der Waals surface area contributed by atoms with E-state index in [9.17, 15) is 15.0 Å². The van der Waals surface area contributed by atoms with Crippen LogP contribution in [0.5, 0.6) is 34.5 Å². The number of rotatable bonds is 8. The summed E-state index contributed by atoms with van der Waals surface area (Å²) in [6.45, 7) is 0. The van der Waals surface area contributed by atoms with Crippen molar-refractivity contribution in [3.05, 3.63) is 63.3 Å². The van der Waals surface area contributed by atoms with Crippen LogP contribution in [0.2, 0.25) is 0 Å². The molecule has 0 radical (unpaired) electrons. The highest BCUT2D eigenvalue weighted by molar-refractivity contribution is 5.77. The average Bonchev–Trinajstić information content (AvgIpc) is 2.85. The highest BCUT2D eigenvalue weighted by Gasteiger charge is 2.15. The Kier molecular flexibility index (Phi) is 7.70. The summed E-state index contributed by atoms with van der Waals surface area (Å²) in [5, 5.41) is 20.4. The number of benzene rings is 2. The molecular weight excluding hydrogens is 452 g/mol. The number of hydrogen-bond acceptors (Lipinski definition) is 7. The number of phenols is 2. The van der Waals surface area contributed by atoms with Gasteiger partial charge in [-0.3, -0.25) is 0 Å². The van der Waals surface area contributed by atoms with E-state index in [1.165, 1.54) is 49.7 Å². The normalized spacial score (nSPS) is 11.3. The number of methoxy groups -OCH3 is 4. The van der Waals surface area contributed by atoms with Crippen molar-refractivity contribution < 1.29 is 33.7 Å². The lowest BCUT2D eigenvalue weighted by atomic mass is 10.1. The first-order valence-corrected chi connectivity index (χ1v) is 10.6. The molecule has 3 rings (SSSR count). The Balaban J connectivity index is 2.07. The first-order valence-electron chi connectivity index (χ1n) is 10.6. The van der Waals surface area contributed by atoms with Crippen molar-refractivity contribution in [3.8, 4) is 34.5 Å². The van der Waals surface area contributed by atoms with Crippen molar-refractivity contribution in [2.45, 2.75) is 0 Å². The first kappa shape index (κ1) is 25.2. The number of hydrogen-bond donors (Lipinski definition) is 2. The lowest BCUT2D eigenvalue weighted by molar-refractivity contribution is -0.692. The fourth-order valence-electron chi connectivity index (χ4n) is 3.61. The molecular formula is C26H29N2O7+. The third-order valence-corrected chi connectivity index (χ3v) is 5.53. The number of aromatic nitrogens is 2. The smallest absolute Gasteiger partial charge is 0.498 e. The third kappa shape index (κ3) is 5.24. The van der Waals surface area contributed by atoms with Gasteiger partial charge in [0.2, 0.25) is 0 Å². The minimum Gasteiger partial charge on any atom is -0.504 e. The number of aromatic hydroxyl groups is 2. The molecule has 0 aliphatic carbocycles. The highest BCUT2D eigenvalue weighted by atomic mass is 16.5. The minimum absolute atomic E-state index is 0.0565. The van der Waals surface area contributed by atoms with Crippen LogP contribution in [0.15, 0.2) is 35.1 Å². The van der Waals surface area contributed by atoms with Crippen molar-refractivity contribution in [2.75, 3.05) is 28.4 Å². The zero-order chi connectivity index (χ0) is 25.7. The highest BCUT2D eigenvalue weighted by Crippen LogP contribution is 2.36. The van der Waals surface area contributed by atoms with Gasteiger partial charge in [0.15, 0.2) is 23.0 Å². The Hall–Kier alpha value is -4.40. The van der Waals surface area contributed by atoms with E-state index >= 15 is 0 Å². The minimum atomic E-state index is -0.243.